The van der Waals surface area contributed by atoms with Crippen molar-refractivity contribution < 1.29 is 14.2 Å². The average Bonchev–Trinajstić information content (AvgIpc) is 2.29. The lowest BCUT2D eigenvalue weighted by Gasteiger charge is -2.12. The third-order valence-corrected chi connectivity index (χ3v) is 2.40. The second-order valence-corrected chi connectivity index (χ2v) is 3.74. The van der Waals surface area contributed by atoms with Gasteiger partial charge in [-0.2, -0.15) is 0 Å². The molecule has 0 aliphatic carbocycles. The molecule has 1 aromatic rings. The SMILES string of the molecule is COc1ccc(F)cc1CCNC(C)CO. The molecule has 1 unspecified atom stereocenters. The van der Waals surface area contributed by atoms with Crippen LogP contribution in [0.2, 0.25) is 0 Å². The molecule has 0 amide bonds. The zero-order chi connectivity index (χ0) is 12.0. The average molecular weight is 227 g/mol. The monoisotopic (exact) mass is 227 g/mol. The van der Waals surface area contributed by atoms with E-state index in [-0.39, 0.29) is 18.5 Å². The Bertz CT molecular complexity index is 331. The summed E-state index contributed by atoms with van der Waals surface area (Å²) in [4.78, 5) is 0. The highest BCUT2D eigenvalue weighted by Gasteiger charge is 2.05. The van der Waals surface area contributed by atoms with Gasteiger partial charge in [-0.3, -0.25) is 0 Å². The molecule has 0 aliphatic heterocycles. The van der Waals surface area contributed by atoms with E-state index >= 15 is 0 Å². The maximum atomic E-state index is 13.0. The van der Waals surface area contributed by atoms with Crippen LogP contribution in [0.15, 0.2) is 18.2 Å². The third kappa shape index (κ3) is 3.79. The van der Waals surface area contributed by atoms with E-state index in [0.717, 1.165) is 5.56 Å². The number of methoxy groups -OCH3 is 1. The first-order valence-corrected chi connectivity index (χ1v) is 5.34. The number of aliphatic hydroxyl groups excluding tert-OH is 1. The summed E-state index contributed by atoms with van der Waals surface area (Å²) < 4.78 is 18.2. The highest BCUT2D eigenvalue weighted by atomic mass is 19.1. The van der Waals surface area contributed by atoms with Crippen LogP contribution in [-0.4, -0.2) is 31.4 Å². The van der Waals surface area contributed by atoms with Crippen molar-refractivity contribution in [2.45, 2.75) is 19.4 Å². The van der Waals surface area contributed by atoms with Gasteiger partial charge in [0.2, 0.25) is 0 Å². The summed E-state index contributed by atoms with van der Waals surface area (Å²) >= 11 is 0. The van der Waals surface area contributed by atoms with Gasteiger partial charge in [0, 0.05) is 6.04 Å². The highest BCUT2D eigenvalue weighted by molar-refractivity contribution is 5.34. The number of hydrogen-bond donors (Lipinski definition) is 2. The summed E-state index contributed by atoms with van der Waals surface area (Å²) in [6.07, 6.45) is 0.672. The lowest BCUT2D eigenvalue weighted by molar-refractivity contribution is 0.252. The van der Waals surface area contributed by atoms with Crippen LogP contribution in [0.25, 0.3) is 0 Å². The molecule has 90 valence electrons. The van der Waals surface area contributed by atoms with Gasteiger partial charge in [-0.25, -0.2) is 4.39 Å². The van der Waals surface area contributed by atoms with E-state index in [0.29, 0.717) is 18.7 Å². The van der Waals surface area contributed by atoms with Gasteiger partial charge in [0.15, 0.2) is 0 Å². The lowest BCUT2D eigenvalue weighted by Crippen LogP contribution is -2.31. The van der Waals surface area contributed by atoms with Crippen LogP contribution in [0, 0.1) is 5.82 Å². The number of aliphatic hydroxyl groups is 1. The molecule has 0 bridgehead atoms. The molecule has 0 saturated carbocycles. The van der Waals surface area contributed by atoms with E-state index in [1.165, 1.54) is 12.1 Å². The number of nitrogens with one attached hydrogen (secondary N) is 1. The molecule has 0 radical (unpaired) electrons. The van der Waals surface area contributed by atoms with Crippen LogP contribution in [0.1, 0.15) is 12.5 Å². The quantitative estimate of drug-likeness (QED) is 0.770. The van der Waals surface area contributed by atoms with Crippen molar-refractivity contribution in [2.24, 2.45) is 0 Å². The Hall–Kier alpha value is -1.13. The summed E-state index contributed by atoms with van der Waals surface area (Å²) in [6.45, 7) is 2.67. The van der Waals surface area contributed by atoms with Crippen molar-refractivity contribution in [1.82, 2.24) is 5.32 Å². The minimum Gasteiger partial charge on any atom is -0.496 e. The molecule has 16 heavy (non-hydrogen) atoms. The number of rotatable bonds is 6. The summed E-state index contributed by atoms with van der Waals surface area (Å²) in [5.74, 6) is 0.436. The zero-order valence-electron chi connectivity index (χ0n) is 9.66. The minimum atomic E-state index is -0.258. The molecular formula is C12H18FNO2. The van der Waals surface area contributed by atoms with Gasteiger partial charge < -0.3 is 15.2 Å². The van der Waals surface area contributed by atoms with Crippen molar-refractivity contribution >= 4 is 0 Å². The predicted molar refractivity (Wildman–Crippen MR) is 61.2 cm³/mol. The summed E-state index contributed by atoms with van der Waals surface area (Å²) in [7, 11) is 1.57. The Balaban J connectivity index is 2.55. The predicted octanol–water partition coefficient (Wildman–Crippen LogP) is 1.35. The number of ether oxygens (including phenoxy) is 1. The molecule has 0 spiro atoms. The van der Waals surface area contributed by atoms with Crippen LogP contribution in [0.3, 0.4) is 0 Å². The first kappa shape index (κ1) is 12.9. The van der Waals surface area contributed by atoms with E-state index in [4.69, 9.17) is 9.84 Å². The first-order chi connectivity index (χ1) is 7.67. The molecule has 3 nitrogen and oxygen atoms in total. The number of halogens is 1. The Morgan fingerprint density at radius 1 is 1.50 bits per heavy atom. The molecule has 0 saturated heterocycles. The molecule has 0 fully saturated rings. The van der Waals surface area contributed by atoms with Crippen LogP contribution in [-0.2, 0) is 6.42 Å². The van der Waals surface area contributed by atoms with E-state index in [9.17, 15) is 4.39 Å². The Morgan fingerprint density at radius 2 is 2.25 bits per heavy atom. The summed E-state index contributed by atoms with van der Waals surface area (Å²) in [5.41, 5.74) is 0.833. The molecule has 1 aromatic carbocycles. The van der Waals surface area contributed by atoms with Gasteiger partial charge in [-0.1, -0.05) is 0 Å². The van der Waals surface area contributed by atoms with E-state index in [1.54, 1.807) is 13.2 Å². The minimum absolute atomic E-state index is 0.0551. The fourth-order valence-electron chi connectivity index (χ4n) is 1.46. The molecule has 0 aromatic heterocycles. The van der Waals surface area contributed by atoms with Crippen molar-refractivity contribution in [3.05, 3.63) is 29.6 Å². The third-order valence-electron chi connectivity index (χ3n) is 2.40. The number of benzene rings is 1. The van der Waals surface area contributed by atoms with Crippen LogP contribution < -0.4 is 10.1 Å². The molecule has 2 N–H and O–H groups in total. The Labute approximate surface area is 95.2 Å². The van der Waals surface area contributed by atoms with Gasteiger partial charge in [0.25, 0.3) is 0 Å². The van der Waals surface area contributed by atoms with Gasteiger partial charge in [0.1, 0.15) is 11.6 Å². The number of hydrogen-bond acceptors (Lipinski definition) is 3. The van der Waals surface area contributed by atoms with Gasteiger partial charge in [-0.15, -0.1) is 0 Å². The fourth-order valence-corrected chi connectivity index (χ4v) is 1.46. The lowest BCUT2D eigenvalue weighted by atomic mass is 10.1. The molecule has 1 atom stereocenters. The molecule has 1 rings (SSSR count). The van der Waals surface area contributed by atoms with E-state index in [1.807, 2.05) is 6.92 Å². The Morgan fingerprint density at radius 3 is 2.88 bits per heavy atom. The Kier molecular flexibility index (Phi) is 5.22. The maximum absolute atomic E-state index is 13.0. The van der Waals surface area contributed by atoms with Crippen molar-refractivity contribution in [1.29, 1.82) is 0 Å². The fraction of sp³-hybridized carbons (Fsp3) is 0.500. The van der Waals surface area contributed by atoms with E-state index < -0.39 is 0 Å². The van der Waals surface area contributed by atoms with E-state index in [2.05, 4.69) is 5.32 Å². The van der Waals surface area contributed by atoms with Crippen LogP contribution in [0.5, 0.6) is 5.75 Å². The highest BCUT2D eigenvalue weighted by Crippen LogP contribution is 2.19. The standard InChI is InChI=1S/C12H18FNO2/c1-9(8-15)14-6-5-10-7-11(13)3-4-12(10)16-2/h3-4,7,9,14-15H,5-6,8H2,1-2H3. The molecular weight excluding hydrogens is 209 g/mol. The second-order valence-electron chi connectivity index (χ2n) is 3.74. The smallest absolute Gasteiger partial charge is 0.123 e. The van der Waals surface area contributed by atoms with Crippen molar-refractivity contribution in [2.75, 3.05) is 20.3 Å². The van der Waals surface area contributed by atoms with Gasteiger partial charge >= 0.3 is 0 Å². The maximum Gasteiger partial charge on any atom is 0.123 e. The van der Waals surface area contributed by atoms with Gasteiger partial charge in [-0.05, 0) is 43.7 Å². The first-order valence-electron chi connectivity index (χ1n) is 5.34. The van der Waals surface area contributed by atoms with Crippen LogP contribution in [0.4, 0.5) is 4.39 Å². The molecule has 0 aliphatic rings. The molecule has 0 heterocycles. The topological polar surface area (TPSA) is 41.5 Å². The summed E-state index contributed by atoms with van der Waals surface area (Å²) in [6, 6.07) is 4.54. The summed E-state index contributed by atoms with van der Waals surface area (Å²) in [5, 5.41) is 12.0. The van der Waals surface area contributed by atoms with Crippen molar-refractivity contribution in [3.63, 3.8) is 0 Å². The van der Waals surface area contributed by atoms with Crippen LogP contribution >= 0.6 is 0 Å². The van der Waals surface area contributed by atoms with Gasteiger partial charge in [0.05, 0.1) is 13.7 Å². The molecule has 4 heteroatoms. The second kappa shape index (κ2) is 6.45. The zero-order valence-corrected chi connectivity index (χ0v) is 9.66. The van der Waals surface area contributed by atoms with Crippen molar-refractivity contribution in [3.8, 4) is 5.75 Å². The normalized spacial score (nSPS) is 12.5. The largest absolute Gasteiger partial charge is 0.496 e.